The van der Waals surface area contributed by atoms with Crippen LogP contribution in [-0.2, 0) is 11.3 Å². The Bertz CT molecular complexity index is 1180. The zero-order chi connectivity index (χ0) is 26.7. The van der Waals surface area contributed by atoms with Crippen LogP contribution in [0.5, 0.6) is 17.2 Å². The predicted octanol–water partition coefficient (Wildman–Crippen LogP) is 5.19. The molecule has 0 bridgehead atoms. The van der Waals surface area contributed by atoms with Gasteiger partial charge in [0.1, 0.15) is 11.6 Å². The molecule has 1 N–H and O–H groups in total. The van der Waals surface area contributed by atoms with E-state index in [0.29, 0.717) is 49.8 Å². The number of ether oxygens (including phenoxy) is 4. The number of ketones is 1. The van der Waals surface area contributed by atoms with Gasteiger partial charge in [-0.3, -0.25) is 10.2 Å². The summed E-state index contributed by atoms with van der Waals surface area (Å²) in [5, 5.41) is 8.66. The maximum Gasteiger partial charge on any atom is 0.197 e. The zero-order valence-electron chi connectivity index (χ0n) is 22.7. The van der Waals surface area contributed by atoms with Crippen LogP contribution in [0.2, 0.25) is 0 Å². The number of morpholine rings is 1. The van der Waals surface area contributed by atoms with Gasteiger partial charge in [-0.05, 0) is 49.1 Å². The average molecular weight is 595 g/mol. The van der Waals surface area contributed by atoms with Crippen molar-refractivity contribution in [2.24, 2.45) is 0 Å². The Labute approximate surface area is 234 Å². The third kappa shape index (κ3) is 5.76. The molecule has 0 amide bonds. The molecular weight excluding hydrogens is 557 g/mol. The number of nitrogens with one attached hydrogen (secondary N) is 1. The minimum Gasteiger partial charge on any atom is -0.494 e. The van der Waals surface area contributed by atoms with Crippen LogP contribution in [0.3, 0.4) is 0 Å². The van der Waals surface area contributed by atoms with Crippen molar-refractivity contribution >= 4 is 34.3 Å². The molecule has 10 heteroatoms. The highest BCUT2D eigenvalue weighted by atomic mass is 79.9. The normalized spacial score (nSPS) is 14.9. The van der Waals surface area contributed by atoms with Gasteiger partial charge in [-0.25, -0.2) is 4.39 Å². The van der Waals surface area contributed by atoms with Crippen molar-refractivity contribution in [2.45, 2.75) is 40.2 Å². The Morgan fingerprint density at radius 1 is 1.11 bits per heavy atom. The first kappa shape index (κ1) is 29.7. The van der Waals surface area contributed by atoms with Crippen molar-refractivity contribution in [1.29, 1.82) is 5.41 Å². The van der Waals surface area contributed by atoms with Crippen LogP contribution in [0.4, 0.5) is 10.1 Å². The molecular formula is C28H37BrFN3O5. The highest BCUT2D eigenvalue weighted by Crippen LogP contribution is 2.40. The number of nitrogens with zero attached hydrogens (tertiary/aromatic N) is 2. The van der Waals surface area contributed by atoms with Gasteiger partial charge < -0.3 is 28.7 Å². The lowest BCUT2D eigenvalue weighted by Gasteiger charge is -2.31. The van der Waals surface area contributed by atoms with Gasteiger partial charge in [-0.1, -0.05) is 13.8 Å². The first-order chi connectivity index (χ1) is 17.8. The number of hydrogen-bond donors (Lipinski definition) is 1. The van der Waals surface area contributed by atoms with Crippen LogP contribution in [0.15, 0.2) is 18.2 Å². The molecule has 0 radical (unpaired) electrons. The van der Waals surface area contributed by atoms with E-state index in [1.165, 1.54) is 0 Å². The van der Waals surface area contributed by atoms with E-state index in [2.05, 4.69) is 18.7 Å². The van der Waals surface area contributed by atoms with Gasteiger partial charge in [0.05, 0.1) is 51.3 Å². The summed E-state index contributed by atoms with van der Waals surface area (Å²) in [4.78, 5) is 17.3. The van der Waals surface area contributed by atoms with E-state index in [1.807, 2.05) is 19.1 Å². The summed E-state index contributed by atoms with van der Waals surface area (Å²) >= 11 is 0. The lowest BCUT2D eigenvalue weighted by Crippen LogP contribution is -2.37. The van der Waals surface area contributed by atoms with E-state index < -0.39 is 5.82 Å². The first-order valence-electron chi connectivity index (χ1n) is 12.8. The van der Waals surface area contributed by atoms with Gasteiger partial charge in [-0.15, -0.1) is 17.0 Å². The Balaban J connectivity index is 0.00000400. The fourth-order valence-electron chi connectivity index (χ4n) is 4.91. The predicted molar refractivity (Wildman–Crippen MR) is 151 cm³/mol. The molecule has 0 aromatic heterocycles. The van der Waals surface area contributed by atoms with Crippen LogP contribution >= 0.6 is 17.0 Å². The molecule has 4 rings (SSSR count). The number of fused-ring (bicyclic) bond motifs is 1. The molecule has 38 heavy (non-hydrogen) atoms. The lowest BCUT2D eigenvalue weighted by molar-refractivity contribution is 0.0962. The van der Waals surface area contributed by atoms with Crippen molar-refractivity contribution in [3.8, 4) is 17.2 Å². The second-order valence-electron chi connectivity index (χ2n) is 9.42. The molecule has 2 aliphatic rings. The number of carbonyl (C=O) groups excluding carboxylic acids is 1. The number of benzene rings is 2. The monoisotopic (exact) mass is 593 g/mol. The number of amidine groups is 1. The topological polar surface area (TPSA) is 84.3 Å². The van der Waals surface area contributed by atoms with Crippen molar-refractivity contribution in [1.82, 2.24) is 4.90 Å². The maximum absolute atomic E-state index is 15.4. The number of rotatable bonds is 10. The summed E-state index contributed by atoms with van der Waals surface area (Å²) in [6.45, 7) is 11.2. The molecule has 0 saturated carbocycles. The molecule has 2 aliphatic heterocycles. The second kappa shape index (κ2) is 12.8. The van der Waals surface area contributed by atoms with Crippen molar-refractivity contribution in [2.75, 3.05) is 58.1 Å². The lowest BCUT2D eigenvalue weighted by atomic mass is 9.96. The third-order valence-electron chi connectivity index (χ3n) is 6.70. The molecule has 208 valence electrons. The Hall–Kier alpha value is -2.85. The number of halogens is 2. The molecule has 0 unspecified atom stereocenters. The number of anilines is 1. The first-order valence-corrected chi connectivity index (χ1v) is 12.8. The molecule has 0 aliphatic carbocycles. The molecule has 8 nitrogen and oxygen atoms in total. The Morgan fingerprint density at radius 2 is 1.79 bits per heavy atom. The molecule has 2 aromatic rings. The van der Waals surface area contributed by atoms with E-state index in [9.17, 15) is 4.79 Å². The zero-order valence-corrected chi connectivity index (χ0v) is 24.4. The largest absolute Gasteiger partial charge is 0.494 e. The van der Waals surface area contributed by atoms with Crippen LogP contribution < -0.4 is 19.1 Å². The summed E-state index contributed by atoms with van der Waals surface area (Å²) in [6.07, 6.45) is 0. The molecule has 0 spiro atoms. The maximum atomic E-state index is 15.4. The third-order valence-corrected chi connectivity index (χ3v) is 6.70. The van der Waals surface area contributed by atoms with Crippen molar-refractivity contribution in [3.63, 3.8) is 0 Å². The van der Waals surface area contributed by atoms with Crippen molar-refractivity contribution < 1.29 is 28.1 Å². The molecule has 2 aromatic carbocycles. The fourth-order valence-corrected chi connectivity index (χ4v) is 4.91. The molecule has 1 saturated heterocycles. The highest BCUT2D eigenvalue weighted by molar-refractivity contribution is 8.93. The SMILES string of the molecule is Br.CCOc1cc2c(c(F)c1OCC)C(=N)N(CC(=O)c1cc(C(C)C)c(OC)c(N3CCOCC3)c1)C2. The molecule has 0 atom stereocenters. The van der Waals surface area contributed by atoms with E-state index >= 15 is 4.39 Å². The van der Waals surface area contributed by atoms with Gasteiger partial charge in [0, 0.05) is 25.2 Å². The summed E-state index contributed by atoms with van der Waals surface area (Å²) in [6, 6.07) is 5.46. The highest BCUT2D eigenvalue weighted by Gasteiger charge is 2.33. The number of methoxy groups -OCH3 is 1. The standard InChI is InChI=1S/C28H36FN3O5.BrH/c1-6-36-23-14-19-15-32(28(30)24(19)25(29)27(23)37-7-2)16-22(33)18-12-20(17(3)4)26(34-5)21(13-18)31-8-10-35-11-9-31;/h12-14,17,30H,6-11,15-16H2,1-5H3;1H. The molecule has 2 heterocycles. The van der Waals surface area contributed by atoms with Gasteiger partial charge in [0.25, 0.3) is 0 Å². The van der Waals surface area contributed by atoms with Gasteiger partial charge >= 0.3 is 0 Å². The summed E-state index contributed by atoms with van der Waals surface area (Å²) in [5.74, 6) is 0.428. The second-order valence-corrected chi connectivity index (χ2v) is 9.42. The summed E-state index contributed by atoms with van der Waals surface area (Å²) < 4.78 is 37.8. The smallest absolute Gasteiger partial charge is 0.197 e. The van der Waals surface area contributed by atoms with Crippen LogP contribution in [-0.4, -0.2) is 69.7 Å². The number of hydrogen-bond acceptors (Lipinski definition) is 7. The van der Waals surface area contributed by atoms with Gasteiger partial charge in [0.2, 0.25) is 0 Å². The summed E-state index contributed by atoms with van der Waals surface area (Å²) in [5.41, 5.74) is 3.12. The van der Waals surface area contributed by atoms with E-state index in [0.717, 1.165) is 17.0 Å². The Kier molecular flexibility index (Phi) is 10.0. The van der Waals surface area contributed by atoms with Crippen molar-refractivity contribution in [3.05, 3.63) is 46.3 Å². The van der Waals surface area contributed by atoms with Crippen LogP contribution in [0.25, 0.3) is 0 Å². The number of Topliss-reactive ketones (excluding diaryl/α,β-unsaturated/α-hetero) is 1. The van der Waals surface area contributed by atoms with Crippen LogP contribution in [0.1, 0.15) is 60.7 Å². The minimum atomic E-state index is -0.621. The number of carbonyl (C=O) groups is 1. The van der Waals surface area contributed by atoms with E-state index in [4.69, 9.17) is 24.4 Å². The minimum absolute atomic E-state index is 0. The van der Waals surface area contributed by atoms with E-state index in [1.54, 1.807) is 25.0 Å². The van der Waals surface area contributed by atoms with E-state index in [-0.39, 0.29) is 65.5 Å². The summed E-state index contributed by atoms with van der Waals surface area (Å²) in [7, 11) is 1.65. The van der Waals surface area contributed by atoms with Gasteiger partial charge in [-0.2, -0.15) is 0 Å². The quantitative estimate of drug-likeness (QED) is 0.379. The average Bonchev–Trinajstić information content (AvgIpc) is 3.20. The fraction of sp³-hybridized carbons (Fsp3) is 0.500. The molecule has 1 fully saturated rings. The van der Waals surface area contributed by atoms with Gasteiger partial charge in [0.15, 0.2) is 23.1 Å². The Morgan fingerprint density at radius 3 is 2.39 bits per heavy atom. The van der Waals surface area contributed by atoms with Crippen LogP contribution in [0, 0.1) is 11.2 Å².